The normalized spacial score (nSPS) is 12.1. The van der Waals surface area contributed by atoms with Gasteiger partial charge in [-0.25, -0.2) is 0 Å². The van der Waals surface area contributed by atoms with Crippen molar-refractivity contribution in [3.63, 3.8) is 0 Å². The van der Waals surface area contributed by atoms with E-state index in [-0.39, 0.29) is 11.2 Å². The van der Waals surface area contributed by atoms with Gasteiger partial charge in [0.2, 0.25) is 5.24 Å². The van der Waals surface area contributed by atoms with Crippen molar-refractivity contribution in [2.75, 3.05) is 0 Å². The predicted molar refractivity (Wildman–Crippen MR) is 75.2 cm³/mol. The van der Waals surface area contributed by atoms with E-state index in [4.69, 9.17) is 23.2 Å². The molecule has 0 spiro atoms. The highest BCUT2D eigenvalue weighted by Crippen LogP contribution is 2.24. The standard InChI is InChI=1S/C15H12Cl2O/c16-13-8-6-11(7-9-13)10-14(15(17)18)12-4-2-1-3-5-12/h1-9,14H,10H2. The van der Waals surface area contributed by atoms with Crippen LogP contribution in [0.2, 0.25) is 5.02 Å². The Morgan fingerprint density at radius 3 is 2.17 bits per heavy atom. The molecule has 0 amide bonds. The lowest BCUT2D eigenvalue weighted by atomic mass is 9.93. The van der Waals surface area contributed by atoms with Gasteiger partial charge in [0.25, 0.3) is 0 Å². The van der Waals surface area contributed by atoms with Crippen molar-refractivity contribution in [3.05, 3.63) is 70.7 Å². The summed E-state index contributed by atoms with van der Waals surface area (Å²) in [5.74, 6) is -0.311. The van der Waals surface area contributed by atoms with E-state index in [1.54, 1.807) is 0 Å². The summed E-state index contributed by atoms with van der Waals surface area (Å²) in [4.78, 5) is 11.6. The Hall–Kier alpha value is -1.31. The van der Waals surface area contributed by atoms with Crippen LogP contribution in [-0.2, 0) is 11.2 Å². The van der Waals surface area contributed by atoms with Crippen LogP contribution in [0.3, 0.4) is 0 Å². The lowest BCUT2D eigenvalue weighted by Crippen LogP contribution is -2.10. The molecule has 0 aromatic heterocycles. The number of halogens is 2. The number of rotatable bonds is 4. The van der Waals surface area contributed by atoms with Crippen molar-refractivity contribution in [1.29, 1.82) is 0 Å². The molecule has 1 nitrogen and oxygen atoms in total. The summed E-state index contributed by atoms with van der Waals surface area (Å²) in [6, 6.07) is 17.0. The first kappa shape index (κ1) is 13.1. The summed E-state index contributed by atoms with van der Waals surface area (Å²) in [5, 5.41) is 0.350. The molecule has 0 N–H and O–H groups in total. The van der Waals surface area contributed by atoms with E-state index in [1.165, 1.54) is 0 Å². The molecule has 0 fully saturated rings. The van der Waals surface area contributed by atoms with Crippen LogP contribution < -0.4 is 0 Å². The van der Waals surface area contributed by atoms with Crippen LogP contribution in [0.1, 0.15) is 17.0 Å². The van der Waals surface area contributed by atoms with Gasteiger partial charge >= 0.3 is 0 Å². The molecule has 0 saturated carbocycles. The second kappa shape index (κ2) is 6.03. The molecule has 0 aliphatic carbocycles. The van der Waals surface area contributed by atoms with E-state index in [1.807, 2.05) is 54.6 Å². The fourth-order valence-corrected chi connectivity index (χ4v) is 2.20. The maximum atomic E-state index is 11.6. The zero-order chi connectivity index (χ0) is 13.0. The minimum absolute atomic E-state index is 0.311. The fraction of sp³-hybridized carbons (Fsp3) is 0.133. The first-order chi connectivity index (χ1) is 8.66. The number of benzene rings is 2. The van der Waals surface area contributed by atoms with Gasteiger partial charge in [-0.2, -0.15) is 0 Å². The van der Waals surface area contributed by atoms with Crippen molar-refractivity contribution >= 4 is 28.4 Å². The van der Waals surface area contributed by atoms with Gasteiger partial charge in [0.15, 0.2) is 0 Å². The quantitative estimate of drug-likeness (QED) is 0.756. The average molecular weight is 279 g/mol. The van der Waals surface area contributed by atoms with E-state index >= 15 is 0 Å². The van der Waals surface area contributed by atoms with E-state index in [0.717, 1.165) is 11.1 Å². The summed E-state index contributed by atoms with van der Waals surface area (Å²) < 4.78 is 0. The predicted octanol–water partition coefficient (Wildman–Crippen LogP) is 4.43. The molecule has 2 aromatic carbocycles. The number of carbonyl (C=O) groups is 1. The second-order valence-electron chi connectivity index (χ2n) is 4.10. The highest BCUT2D eigenvalue weighted by Gasteiger charge is 2.18. The van der Waals surface area contributed by atoms with Crippen LogP contribution in [-0.4, -0.2) is 5.24 Å². The zero-order valence-corrected chi connectivity index (χ0v) is 11.2. The molecule has 0 aliphatic rings. The van der Waals surface area contributed by atoms with Crippen molar-refractivity contribution in [2.45, 2.75) is 12.3 Å². The summed E-state index contributed by atoms with van der Waals surface area (Å²) in [6.07, 6.45) is 0.587. The molecule has 2 aromatic rings. The maximum absolute atomic E-state index is 11.6. The van der Waals surface area contributed by atoms with Crippen LogP contribution in [0, 0.1) is 0 Å². The third-order valence-corrected chi connectivity index (χ3v) is 3.34. The lowest BCUT2D eigenvalue weighted by molar-refractivity contribution is -0.113. The van der Waals surface area contributed by atoms with Crippen LogP contribution in [0.5, 0.6) is 0 Å². The van der Waals surface area contributed by atoms with E-state index in [0.29, 0.717) is 11.4 Å². The molecule has 18 heavy (non-hydrogen) atoms. The van der Waals surface area contributed by atoms with Gasteiger partial charge in [-0.05, 0) is 41.3 Å². The van der Waals surface area contributed by atoms with Gasteiger partial charge in [-0.3, -0.25) is 4.79 Å². The molecule has 0 bridgehead atoms. The minimum Gasteiger partial charge on any atom is -0.281 e. The first-order valence-electron chi connectivity index (χ1n) is 5.65. The molecule has 0 aliphatic heterocycles. The second-order valence-corrected chi connectivity index (χ2v) is 4.91. The van der Waals surface area contributed by atoms with Crippen molar-refractivity contribution in [3.8, 4) is 0 Å². The Balaban J connectivity index is 2.22. The Morgan fingerprint density at radius 1 is 1.00 bits per heavy atom. The van der Waals surface area contributed by atoms with E-state index in [9.17, 15) is 4.79 Å². The van der Waals surface area contributed by atoms with Crippen LogP contribution in [0.15, 0.2) is 54.6 Å². The smallest absolute Gasteiger partial charge is 0.229 e. The number of carbonyl (C=O) groups excluding carboxylic acids is 1. The monoisotopic (exact) mass is 278 g/mol. The molecular weight excluding hydrogens is 267 g/mol. The Kier molecular flexibility index (Phi) is 4.40. The zero-order valence-electron chi connectivity index (χ0n) is 9.64. The maximum Gasteiger partial charge on any atom is 0.229 e. The molecule has 92 valence electrons. The Morgan fingerprint density at radius 2 is 1.61 bits per heavy atom. The summed E-state index contributed by atoms with van der Waals surface area (Å²) >= 11 is 11.5. The van der Waals surface area contributed by atoms with Gasteiger partial charge in [-0.1, -0.05) is 54.1 Å². The van der Waals surface area contributed by atoms with Crippen LogP contribution >= 0.6 is 23.2 Å². The molecule has 1 atom stereocenters. The SMILES string of the molecule is O=C(Cl)C(Cc1ccc(Cl)cc1)c1ccccc1. The minimum atomic E-state index is -0.337. The van der Waals surface area contributed by atoms with Gasteiger partial charge < -0.3 is 0 Å². The molecule has 2 rings (SSSR count). The van der Waals surface area contributed by atoms with Gasteiger partial charge in [0, 0.05) is 5.02 Å². The van der Waals surface area contributed by atoms with Crippen LogP contribution in [0.4, 0.5) is 0 Å². The van der Waals surface area contributed by atoms with Crippen molar-refractivity contribution in [2.24, 2.45) is 0 Å². The molecule has 0 radical (unpaired) electrons. The van der Waals surface area contributed by atoms with Crippen molar-refractivity contribution in [1.82, 2.24) is 0 Å². The highest BCUT2D eigenvalue weighted by atomic mass is 35.5. The Bertz CT molecular complexity index is 520. The fourth-order valence-electron chi connectivity index (χ4n) is 1.87. The molecule has 3 heteroatoms. The molecule has 1 unspecified atom stereocenters. The molecular formula is C15H12Cl2O. The van der Waals surface area contributed by atoms with Gasteiger partial charge in [0.05, 0.1) is 5.92 Å². The summed E-state index contributed by atoms with van der Waals surface area (Å²) in [7, 11) is 0. The van der Waals surface area contributed by atoms with E-state index in [2.05, 4.69) is 0 Å². The average Bonchev–Trinajstić information content (AvgIpc) is 2.38. The third-order valence-electron chi connectivity index (χ3n) is 2.83. The number of hydrogen-bond donors (Lipinski definition) is 0. The topological polar surface area (TPSA) is 17.1 Å². The summed E-state index contributed by atoms with van der Waals surface area (Å²) in [6.45, 7) is 0. The highest BCUT2D eigenvalue weighted by molar-refractivity contribution is 6.64. The third kappa shape index (κ3) is 3.34. The largest absolute Gasteiger partial charge is 0.281 e. The molecule has 0 heterocycles. The first-order valence-corrected chi connectivity index (χ1v) is 6.41. The van der Waals surface area contributed by atoms with Crippen molar-refractivity contribution < 1.29 is 4.79 Å². The lowest BCUT2D eigenvalue weighted by Gasteiger charge is -2.13. The van der Waals surface area contributed by atoms with Gasteiger partial charge in [-0.15, -0.1) is 0 Å². The van der Waals surface area contributed by atoms with Crippen LogP contribution in [0.25, 0.3) is 0 Å². The van der Waals surface area contributed by atoms with E-state index < -0.39 is 0 Å². The Labute approximate surface area is 116 Å². The van der Waals surface area contributed by atoms with Gasteiger partial charge in [0.1, 0.15) is 0 Å². The number of hydrogen-bond acceptors (Lipinski definition) is 1. The molecule has 0 saturated heterocycles. The summed E-state index contributed by atoms with van der Waals surface area (Å²) in [5.41, 5.74) is 1.98.